The number of amides is 1. The first-order chi connectivity index (χ1) is 7.65. The van der Waals surface area contributed by atoms with Crippen molar-refractivity contribution in [1.29, 1.82) is 0 Å². The van der Waals surface area contributed by atoms with Gasteiger partial charge in [0.05, 0.1) is 18.3 Å². The molecule has 0 saturated heterocycles. The minimum atomic E-state index is -0.436. The molecule has 4 nitrogen and oxygen atoms in total. The maximum atomic E-state index is 11.7. The Morgan fingerprint density at radius 1 is 1.56 bits per heavy atom. The van der Waals surface area contributed by atoms with Crippen molar-refractivity contribution in [3.8, 4) is 0 Å². The predicted molar refractivity (Wildman–Crippen MR) is 63.5 cm³/mol. The molecular weight excluding hydrogens is 202 g/mol. The average Bonchev–Trinajstić information content (AvgIpc) is 2.35. The Morgan fingerprint density at radius 2 is 2.31 bits per heavy atom. The van der Waals surface area contributed by atoms with Gasteiger partial charge in [-0.05, 0) is 18.1 Å². The molecule has 0 aliphatic rings. The highest BCUT2D eigenvalue weighted by Gasteiger charge is 2.18. The summed E-state index contributed by atoms with van der Waals surface area (Å²) in [5.41, 5.74) is 6.64. The number of nitrogens with one attached hydrogen (secondary N) is 1. The summed E-state index contributed by atoms with van der Waals surface area (Å²) in [6, 6.07) is 5.17. The van der Waals surface area contributed by atoms with Crippen LogP contribution in [0.1, 0.15) is 26.0 Å². The number of rotatable bonds is 5. The maximum absolute atomic E-state index is 11.7. The van der Waals surface area contributed by atoms with E-state index in [4.69, 9.17) is 5.73 Å². The molecule has 0 spiro atoms. The van der Waals surface area contributed by atoms with Gasteiger partial charge in [0, 0.05) is 6.20 Å². The second-order valence-corrected chi connectivity index (χ2v) is 3.95. The first-order valence-corrected chi connectivity index (χ1v) is 5.58. The fourth-order valence-corrected chi connectivity index (χ4v) is 1.31. The van der Waals surface area contributed by atoms with E-state index >= 15 is 0 Å². The number of hydrogen-bond acceptors (Lipinski definition) is 3. The van der Waals surface area contributed by atoms with Crippen molar-refractivity contribution >= 4 is 5.91 Å². The third-order valence-electron chi connectivity index (χ3n) is 2.73. The second kappa shape index (κ2) is 6.23. The summed E-state index contributed by atoms with van der Waals surface area (Å²) in [6.45, 7) is 4.44. The highest BCUT2D eigenvalue weighted by molar-refractivity contribution is 5.81. The molecule has 0 saturated carbocycles. The molecule has 0 radical (unpaired) electrons. The van der Waals surface area contributed by atoms with Crippen molar-refractivity contribution in [1.82, 2.24) is 10.3 Å². The Labute approximate surface area is 96.3 Å². The molecule has 0 unspecified atom stereocenters. The van der Waals surface area contributed by atoms with Crippen LogP contribution in [0.25, 0.3) is 0 Å². The van der Waals surface area contributed by atoms with Gasteiger partial charge in [-0.3, -0.25) is 9.78 Å². The van der Waals surface area contributed by atoms with Crippen molar-refractivity contribution in [3.05, 3.63) is 30.1 Å². The van der Waals surface area contributed by atoms with Crippen molar-refractivity contribution in [2.45, 2.75) is 32.9 Å². The van der Waals surface area contributed by atoms with Gasteiger partial charge in [0.2, 0.25) is 5.91 Å². The maximum Gasteiger partial charge on any atom is 0.237 e. The highest BCUT2D eigenvalue weighted by Crippen LogP contribution is 2.05. The lowest BCUT2D eigenvalue weighted by atomic mass is 9.99. The molecule has 0 aromatic carbocycles. The summed E-state index contributed by atoms with van der Waals surface area (Å²) in [5.74, 6) is 0.0868. The fraction of sp³-hybridized carbons (Fsp3) is 0.500. The van der Waals surface area contributed by atoms with Crippen LogP contribution in [0.3, 0.4) is 0 Å². The second-order valence-electron chi connectivity index (χ2n) is 3.95. The van der Waals surface area contributed by atoms with E-state index in [1.807, 2.05) is 32.0 Å². The number of hydrogen-bond donors (Lipinski definition) is 2. The van der Waals surface area contributed by atoms with Crippen LogP contribution < -0.4 is 11.1 Å². The zero-order valence-electron chi connectivity index (χ0n) is 9.81. The van der Waals surface area contributed by atoms with E-state index in [9.17, 15) is 4.79 Å². The van der Waals surface area contributed by atoms with E-state index in [1.54, 1.807) is 6.20 Å². The Bertz CT molecular complexity index is 326. The first kappa shape index (κ1) is 12.6. The summed E-state index contributed by atoms with van der Waals surface area (Å²) >= 11 is 0. The molecule has 4 heteroatoms. The number of aromatic nitrogens is 1. The van der Waals surface area contributed by atoms with Crippen LogP contribution >= 0.6 is 0 Å². The molecule has 1 aromatic heterocycles. The normalized spacial score (nSPS) is 14.2. The zero-order valence-corrected chi connectivity index (χ0v) is 9.81. The van der Waals surface area contributed by atoms with E-state index in [0.717, 1.165) is 12.1 Å². The minimum Gasteiger partial charge on any atom is -0.349 e. The standard InChI is InChI=1S/C12H19N3O/c1-3-9(2)11(13)12(16)15-8-10-6-4-5-7-14-10/h4-7,9,11H,3,8,13H2,1-2H3,(H,15,16)/t9-,11+/m0/s1. The molecule has 0 fully saturated rings. The van der Waals surface area contributed by atoms with Gasteiger partial charge in [-0.2, -0.15) is 0 Å². The van der Waals surface area contributed by atoms with Crippen molar-refractivity contribution in [2.75, 3.05) is 0 Å². The zero-order chi connectivity index (χ0) is 12.0. The lowest BCUT2D eigenvalue weighted by molar-refractivity contribution is -0.123. The SMILES string of the molecule is CC[C@H](C)[C@@H](N)C(=O)NCc1ccccn1. The Kier molecular flexibility index (Phi) is 4.92. The molecule has 0 aliphatic carbocycles. The van der Waals surface area contributed by atoms with E-state index in [-0.39, 0.29) is 11.8 Å². The van der Waals surface area contributed by atoms with E-state index < -0.39 is 6.04 Å². The number of carbonyl (C=O) groups excluding carboxylic acids is 1. The van der Waals surface area contributed by atoms with Crippen LogP contribution in [0.2, 0.25) is 0 Å². The van der Waals surface area contributed by atoms with Gasteiger partial charge in [-0.25, -0.2) is 0 Å². The molecular formula is C12H19N3O. The predicted octanol–water partition coefficient (Wildman–Crippen LogP) is 1.07. The van der Waals surface area contributed by atoms with Crippen LogP contribution in [-0.4, -0.2) is 16.9 Å². The molecule has 16 heavy (non-hydrogen) atoms. The van der Waals surface area contributed by atoms with Crippen LogP contribution in [0.5, 0.6) is 0 Å². The molecule has 1 rings (SSSR count). The van der Waals surface area contributed by atoms with Gasteiger partial charge in [-0.15, -0.1) is 0 Å². The van der Waals surface area contributed by atoms with Gasteiger partial charge in [0.1, 0.15) is 0 Å². The number of nitrogens with zero attached hydrogens (tertiary/aromatic N) is 1. The van der Waals surface area contributed by atoms with Crippen LogP contribution in [0.4, 0.5) is 0 Å². The van der Waals surface area contributed by atoms with E-state index in [0.29, 0.717) is 6.54 Å². The number of pyridine rings is 1. The van der Waals surface area contributed by atoms with Gasteiger partial charge < -0.3 is 11.1 Å². The summed E-state index contributed by atoms with van der Waals surface area (Å²) in [6.07, 6.45) is 2.61. The van der Waals surface area contributed by atoms with Gasteiger partial charge >= 0.3 is 0 Å². The monoisotopic (exact) mass is 221 g/mol. The lowest BCUT2D eigenvalue weighted by Gasteiger charge is -2.17. The third-order valence-corrected chi connectivity index (χ3v) is 2.73. The average molecular weight is 221 g/mol. The third kappa shape index (κ3) is 3.62. The Morgan fingerprint density at radius 3 is 2.88 bits per heavy atom. The summed E-state index contributed by atoms with van der Waals surface area (Å²) in [5, 5.41) is 2.79. The Balaban J connectivity index is 2.41. The first-order valence-electron chi connectivity index (χ1n) is 5.58. The van der Waals surface area contributed by atoms with Crippen LogP contribution in [0, 0.1) is 5.92 Å². The summed E-state index contributed by atoms with van der Waals surface area (Å²) in [7, 11) is 0. The Hall–Kier alpha value is -1.42. The van der Waals surface area contributed by atoms with Crippen molar-refractivity contribution in [3.63, 3.8) is 0 Å². The molecule has 1 aromatic rings. The summed E-state index contributed by atoms with van der Waals surface area (Å²) < 4.78 is 0. The largest absolute Gasteiger partial charge is 0.349 e. The molecule has 0 bridgehead atoms. The molecule has 0 aliphatic heterocycles. The van der Waals surface area contributed by atoms with E-state index in [2.05, 4.69) is 10.3 Å². The number of nitrogens with two attached hydrogens (primary N) is 1. The quantitative estimate of drug-likeness (QED) is 0.781. The fourth-order valence-electron chi connectivity index (χ4n) is 1.31. The molecule has 1 amide bonds. The molecule has 2 atom stereocenters. The van der Waals surface area contributed by atoms with Crippen LogP contribution in [0.15, 0.2) is 24.4 Å². The highest BCUT2D eigenvalue weighted by atomic mass is 16.2. The van der Waals surface area contributed by atoms with Crippen LogP contribution in [-0.2, 0) is 11.3 Å². The lowest BCUT2D eigenvalue weighted by Crippen LogP contribution is -2.44. The topological polar surface area (TPSA) is 68.0 Å². The summed E-state index contributed by atoms with van der Waals surface area (Å²) in [4.78, 5) is 15.8. The minimum absolute atomic E-state index is 0.111. The molecule has 3 N–H and O–H groups in total. The van der Waals surface area contributed by atoms with Crippen molar-refractivity contribution < 1.29 is 4.79 Å². The van der Waals surface area contributed by atoms with E-state index in [1.165, 1.54) is 0 Å². The van der Waals surface area contributed by atoms with Gasteiger partial charge in [-0.1, -0.05) is 26.3 Å². The van der Waals surface area contributed by atoms with Gasteiger partial charge in [0.15, 0.2) is 0 Å². The molecule has 88 valence electrons. The smallest absolute Gasteiger partial charge is 0.237 e. The molecule has 1 heterocycles. The van der Waals surface area contributed by atoms with Crippen molar-refractivity contribution in [2.24, 2.45) is 11.7 Å². The van der Waals surface area contributed by atoms with Gasteiger partial charge in [0.25, 0.3) is 0 Å². The number of carbonyl (C=O) groups is 1.